The van der Waals surface area contributed by atoms with Gasteiger partial charge in [0.25, 0.3) is 0 Å². The van der Waals surface area contributed by atoms with Gasteiger partial charge in [0.2, 0.25) is 0 Å². The van der Waals surface area contributed by atoms with E-state index in [0.717, 1.165) is 24.2 Å². The van der Waals surface area contributed by atoms with Crippen molar-refractivity contribution in [3.8, 4) is 5.75 Å². The highest BCUT2D eigenvalue weighted by Crippen LogP contribution is 2.26. The summed E-state index contributed by atoms with van der Waals surface area (Å²) in [6.45, 7) is 0. The first-order valence-electron chi connectivity index (χ1n) is 7.46. The minimum atomic E-state index is 0.269. The molecule has 0 N–H and O–H groups in total. The van der Waals surface area contributed by atoms with Gasteiger partial charge in [-0.15, -0.1) is 0 Å². The minimum absolute atomic E-state index is 0.269. The zero-order chi connectivity index (χ0) is 13.5. The molecular weight excluding hydrogens is 236 g/mol. The fraction of sp³-hybridized carbons (Fsp3) is 0.588. The van der Waals surface area contributed by atoms with Crippen LogP contribution in [0.3, 0.4) is 0 Å². The molecule has 0 amide bonds. The second kappa shape index (κ2) is 7.32. The molecule has 0 spiro atoms. The van der Waals surface area contributed by atoms with E-state index in [9.17, 15) is 4.79 Å². The number of Topliss-reactive ketones (excluding diaryl/α,β-unsaturated/α-hetero) is 1. The van der Waals surface area contributed by atoms with E-state index < -0.39 is 0 Å². The first-order chi connectivity index (χ1) is 9.31. The number of ether oxygens (including phenoxy) is 1. The third-order valence-corrected chi connectivity index (χ3v) is 4.12. The Balaban J connectivity index is 1.98. The van der Waals surface area contributed by atoms with Crippen molar-refractivity contribution in [3.63, 3.8) is 0 Å². The van der Waals surface area contributed by atoms with E-state index in [1.807, 2.05) is 24.3 Å². The molecule has 0 saturated heterocycles. The van der Waals surface area contributed by atoms with Gasteiger partial charge in [-0.2, -0.15) is 0 Å². The number of hydrogen-bond donors (Lipinski definition) is 0. The van der Waals surface area contributed by atoms with Crippen molar-refractivity contribution in [1.82, 2.24) is 0 Å². The maximum atomic E-state index is 12.4. The molecule has 1 aromatic rings. The van der Waals surface area contributed by atoms with E-state index in [1.54, 1.807) is 7.11 Å². The van der Waals surface area contributed by atoms with Crippen LogP contribution in [0.4, 0.5) is 0 Å². The summed E-state index contributed by atoms with van der Waals surface area (Å²) in [5.41, 5.74) is 1.03. The molecule has 104 valence electrons. The summed E-state index contributed by atoms with van der Waals surface area (Å²) in [4.78, 5) is 12.4. The summed E-state index contributed by atoms with van der Waals surface area (Å²) >= 11 is 0. The number of hydrogen-bond acceptors (Lipinski definition) is 2. The number of para-hydroxylation sites is 1. The zero-order valence-corrected chi connectivity index (χ0v) is 11.9. The second-order valence-corrected chi connectivity index (χ2v) is 5.50. The molecule has 0 heterocycles. The van der Waals surface area contributed by atoms with Crippen molar-refractivity contribution >= 4 is 5.78 Å². The van der Waals surface area contributed by atoms with Crippen molar-refractivity contribution in [2.45, 2.75) is 51.4 Å². The molecule has 2 nitrogen and oxygen atoms in total. The molecule has 0 atom stereocenters. The van der Waals surface area contributed by atoms with Crippen LogP contribution in [-0.4, -0.2) is 12.9 Å². The second-order valence-electron chi connectivity index (χ2n) is 5.50. The summed E-state index contributed by atoms with van der Waals surface area (Å²) < 4.78 is 5.33. The fourth-order valence-electron chi connectivity index (χ4n) is 2.96. The molecule has 0 aliphatic heterocycles. The lowest BCUT2D eigenvalue weighted by atomic mass is 9.86. The third-order valence-electron chi connectivity index (χ3n) is 4.12. The molecule has 1 aromatic carbocycles. The molecule has 19 heavy (non-hydrogen) atoms. The molecule has 2 rings (SSSR count). The van der Waals surface area contributed by atoms with Crippen molar-refractivity contribution in [3.05, 3.63) is 29.8 Å². The van der Waals surface area contributed by atoms with Gasteiger partial charge in [-0.25, -0.2) is 0 Å². The molecule has 1 aliphatic rings. The van der Waals surface area contributed by atoms with Crippen molar-refractivity contribution in [2.24, 2.45) is 5.92 Å². The lowest BCUT2D eigenvalue weighted by Crippen LogP contribution is -2.18. The monoisotopic (exact) mass is 260 g/mol. The SMILES string of the molecule is COc1ccccc1CC(=O)C1CCCCCCC1. The van der Waals surface area contributed by atoms with Crippen LogP contribution in [0, 0.1) is 5.92 Å². The Kier molecular flexibility index (Phi) is 5.44. The molecule has 1 fully saturated rings. The first-order valence-corrected chi connectivity index (χ1v) is 7.46. The van der Waals surface area contributed by atoms with Crippen LogP contribution in [0.2, 0.25) is 0 Å². The Bertz CT molecular complexity index is 403. The summed E-state index contributed by atoms with van der Waals surface area (Å²) in [6, 6.07) is 7.85. The lowest BCUT2D eigenvalue weighted by molar-refractivity contribution is -0.122. The first kappa shape index (κ1) is 14.1. The number of benzene rings is 1. The number of methoxy groups -OCH3 is 1. The van der Waals surface area contributed by atoms with Gasteiger partial charge in [0.1, 0.15) is 11.5 Å². The van der Waals surface area contributed by atoms with Crippen LogP contribution < -0.4 is 4.74 Å². The summed E-state index contributed by atoms with van der Waals surface area (Å²) in [7, 11) is 1.67. The molecule has 1 saturated carbocycles. The van der Waals surface area contributed by atoms with Gasteiger partial charge in [0.15, 0.2) is 0 Å². The quantitative estimate of drug-likeness (QED) is 0.812. The van der Waals surface area contributed by atoms with Crippen LogP contribution in [0.15, 0.2) is 24.3 Å². The maximum absolute atomic E-state index is 12.4. The largest absolute Gasteiger partial charge is 0.496 e. The molecule has 0 unspecified atom stereocenters. The molecule has 1 aliphatic carbocycles. The third kappa shape index (κ3) is 4.09. The van der Waals surface area contributed by atoms with Crippen LogP contribution in [-0.2, 0) is 11.2 Å². The Hall–Kier alpha value is -1.31. The number of rotatable bonds is 4. The van der Waals surface area contributed by atoms with Gasteiger partial charge in [-0.3, -0.25) is 4.79 Å². The lowest BCUT2D eigenvalue weighted by Gasteiger charge is -2.19. The zero-order valence-electron chi connectivity index (χ0n) is 11.9. The van der Waals surface area contributed by atoms with Gasteiger partial charge in [0, 0.05) is 17.9 Å². The topological polar surface area (TPSA) is 26.3 Å². The van der Waals surface area contributed by atoms with Gasteiger partial charge in [-0.1, -0.05) is 50.3 Å². The van der Waals surface area contributed by atoms with Crippen LogP contribution in [0.25, 0.3) is 0 Å². The highest BCUT2D eigenvalue weighted by atomic mass is 16.5. The summed E-state index contributed by atoms with van der Waals surface area (Å²) in [6.07, 6.45) is 9.02. The molecular formula is C17H24O2. The average molecular weight is 260 g/mol. The normalized spacial score (nSPS) is 17.5. The van der Waals surface area contributed by atoms with Crippen molar-refractivity contribution in [2.75, 3.05) is 7.11 Å². The van der Waals surface area contributed by atoms with E-state index in [-0.39, 0.29) is 5.92 Å². The van der Waals surface area contributed by atoms with Crippen molar-refractivity contribution < 1.29 is 9.53 Å². The molecule has 2 heteroatoms. The number of ketones is 1. The minimum Gasteiger partial charge on any atom is -0.496 e. The Morgan fingerprint density at radius 1 is 1.11 bits per heavy atom. The van der Waals surface area contributed by atoms with Crippen LogP contribution in [0.5, 0.6) is 5.75 Å². The average Bonchev–Trinajstić information content (AvgIpc) is 2.38. The van der Waals surface area contributed by atoms with Crippen LogP contribution >= 0.6 is 0 Å². The van der Waals surface area contributed by atoms with E-state index in [0.29, 0.717) is 12.2 Å². The van der Waals surface area contributed by atoms with Crippen LogP contribution in [0.1, 0.15) is 50.5 Å². The fourth-order valence-corrected chi connectivity index (χ4v) is 2.96. The van der Waals surface area contributed by atoms with Gasteiger partial charge < -0.3 is 4.74 Å². The smallest absolute Gasteiger partial charge is 0.140 e. The Labute approximate surface area is 116 Å². The standard InChI is InChI=1S/C17H24O2/c1-19-17-12-8-7-11-15(17)13-16(18)14-9-5-3-2-4-6-10-14/h7-8,11-12,14H,2-6,9-10,13H2,1H3. The van der Waals surface area contributed by atoms with Gasteiger partial charge in [0.05, 0.1) is 7.11 Å². The van der Waals surface area contributed by atoms with E-state index >= 15 is 0 Å². The van der Waals surface area contributed by atoms with Gasteiger partial charge in [-0.05, 0) is 18.9 Å². The number of carbonyl (C=O) groups excluding carboxylic acids is 1. The van der Waals surface area contributed by atoms with E-state index in [4.69, 9.17) is 4.74 Å². The highest BCUT2D eigenvalue weighted by Gasteiger charge is 2.20. The molecule has 0 bridgehead atoms. The van der Waals surface area contributed by atoms with E-state index in [1.165, 1.54) is 32.1 Å². The van der Waals surface area contributed by atoms with Crippen molar-refractivity contribution in [1.29, 1.82) is 0 Å². The summed E-state index contributed by atoms with van der Waals surface area (Å²) in [5.74, 6) is 1.50. The molecule has 0 radical (unpaired) electrons. The Morgan fingerprint density at radius 3 is 2.42 bits per heavy atom. The highest BCUT2D eigenvalue weighted by molar-refractivity contribution is 5.83. The maximum Gasteiger partial charge on any atom is 0.140 e. The van der Waals surface area contributed by atoms with Gasteiger partial charge >= 0.3 is 0 Å². The van der Waals surface area contributed by atoms with E-state index in [2.05, 4.69) is 0 Å². The molecule has 0 aromatic heterocycles. The predicted molar refractivity (Wildman–Crippen MR) is 77.5 cm³/mol. The predicted octanol–water partition coefficient (Wildman–Crippen LogP) is 4.17. The number of carbonyl (C=O) groups is 1. The summed E-state index contributed by atoms with van der Waals surface area (Å²) in [5, 5.41) is 0. The Morgan fingerprint density at radius 2 is 1.74 bits per heavy atom.